The number of nitrogens with two attached hydrogens (primary N) is 1. The predicted molar refractivity (Wildman–Crippen MR) is 104 cm³/mol. The first-order valence-corrected chi connectivity index (χ1v) is 9.49. The van der Waals surface area contributed by atoms with Gasteiger partial charge in [0.05, 0.1) is 6.20 Å². The average Bonchev–Trinajstić information content (AvgIpc) is 2.73. The van der Waals surface area contributed by atoms with Crippen LogP contribution < -0.4 is 15.8 Å². The van der Waals surface area contributed by atoms with Gasteiger partial charge in [-0.05, 0) is 37.5 Å². The van der Waals surface area contributed by atoms with Gasteiger partial charge in [0.15, 0.2) is 0 Å². The van der Waals surface area contributed by atoms with E-state index < -0.39 is 0 Å². The topological polar surface area (TPSA) is 110 Å². The van der Waals surface area contributed by atoms with Crippen LogP contribution in [0.4, 0.5) is 0 Å². The predicted octanol–water partition coefficient (Wildman–Crippen LogP) is 1.73. The number of nitrogens with one attached hydrogen (secondary N) is 1. The van der Waals surface area contributed by atoms with Gasteiger partial charge >= 0.3 is 0 Å². The quantitative estimate of drug-likeness (QED) is 0.753. The van der Waals surface area contributed by atoms with Crippen molar-refractivity contribution >= 4 is 11.8 Å². The Kier molecular flexibility index (Phi) is 6.91. The maximum absolute atomic E-state index is 13.1. The van der Waals surface area contributed by atoms with E-state index >= 15 is 0 Å². The largest absolute Gasteiger partial charge is 0.437 e. The van der Waals surface area contributed by atoms with E-state index in [0.717, 1.165) is 19.3 Å². The number of rotatable bonds is 7. The van der Waals surface area contributed by atoms with E-state index in [9.17, 15) is 9.59 Å². The zero-order valence-corrected chi connectivity index (χ0v) is 15.7. The third kappa shape index (κ3) is 5.26. The Labute approximate surface area is 164 Å². The lowest BCUT2D eigenvalue weighted by atomic mass is 10.0. The number of likely N-dealkylation sites (tertiary alicyclic amines) is 1. The van der Waals surface area contributed by atoms with Crippen molar-refractivity contribution in [2.24, 2.45) is 5.73 Å². The molecule has 1 saturated heterocycles. The minimum absolute atomic E-state index is 0.0208. The van der Waals surface area contributed by atoms with Gasteiger partial charge in [-0.15, -0.1) is 0 Å². The molecule has 1 unspecified atom stereocenters. The molecule has 3 N–H and O–H groups in total. The summed E-state index contributed by atoms with van der Waals surface area (Å²) in [6.45, 7) is 1.43. The van der Waals surface area contributed by atoms with Crippen LogP contribution in [0.25, 0.3) is 0 Å². The van der Waals surface area contributed by atoms with E-state index in [1.54, 1.807) is 36.7 Å². The van der Waals surface area contributed by atoms with Crippen molar-refractivity contribution in [1.82, 2.24) is 20.2 Å². The van der Waals surface area contributed by atoms with Crippen LogP contribution >= 0.6 is 0 Å². The van der Waals surface area contributed by atoms with Crippen LogP contribution in [0.1, 0.15) is 36.0 Å². The first-order chi connectivity index (χ1) is 13.7. The Balaban J connectivity index is 1.68. The molecule has 0 aliphatic carbocycles. The second-order valence-corrected chi connectivity index (χ2v) is 6.66. The summed E-state index contributed by atoms with van der Waals surface area (Å²) in [6, 6.07) is 7.00. The molecule has 1 aromatic heterocycles. The number of aromatic nitrogens is 2. The highest BCUT2D eigenvalue weighted by Crippen LogP contribution is 2.23. The highest BCUT2D eigenvalue weighted by Gasteiger charge is 2.28. The maximum Gasteiger partial charge on any atom is 0.254 e. The summed E-state index contributed by atoms with van der Waals surface area (Å²) in [5, 5.41) is 2.88. The number of carbonyl (C=O) groups excluding carboxylic acids is 2. The van der Waals surface area contributed by atoms with Crippen molar-refractivity contribution in [3.8, 4) is 11.6 Å². The minimum atomic E-state index is -0.0835. The van der Waals surface area contributed by atoms with Crippen LogP contribution in [0.15, 0.2) is 42.9 Å². The summed E-state index contributed by atoms with van der Waals surface area (Å²) in [5.41, 5.74) is 5.96. The molecule has 1 fully saturated rings. The van der Waals surface area contributed by atoms with E-state index in [4.69, 9.17) is 10.5 Å². The van der Waals surface area contributed by atoms with Gasteiger partial charge in [-0.25, -0.2) is 4.98 Å². The van der Waals surface area contributed by atoms with Crippen molar-refractivity contribution in [1.29, 1.82) is 0 Å². The molecule has 0 saturated carbocycles. The molecule has 2 aromatic rings. The normalized spacial score (nSPS) is 16.5. The molecule has 1 aliphatic rings. The van der Waals surface area contributed by atoms with E-state index in [1.807, 2.05) is 4.90 Å². The summed E-state index contributed by atoms with van der Waals surface area (Å²) in [6.07, 6.45) is 7.77. The van der Waals surface area contributed by atoms with Gasteiger partial charge in [0, 0.05) is 50.1 Å². The number of hydrogen-bond acceptors (Lipinski definition) is 6. The van der Waals surface area contributed by atoms with Crippen LogP contribution in [-0.2, 0) is 4.79 Å². The van der Waals surface area contributed by atoms with E-state index in [1.165, 1.54) is 6.20 Å². The molecule has 0 bridgehead atoms. The third-order valence-corrected chi connectivity index (χ3v) is 4.64. The standard InChI is InChI=1S/C20H25N5O3/c21-8-7-18(26)24-13-16-5-1-2-11-25(16)20(27)15-4-3-6-17(12-15)28-19-14-22-9-10-23-19/h3-4,6,9-10,12,14,16H,1-2,5,7-8,11,13,21H2,(H,24,26). The lowest BCUT2D eigenvalue weighted by Crippen LogP contribution is -2.49. The Morgan fingerprint density at radius 1 is 1.29 bits per heavy atom. The number of amides is 2. The van der Waals surface area contributed by atoms with Gasteiger partial charge in [-0.3, -0.25) is 14.6 Å². The Morgan fingerprint density at radius 2 is 2.18 bits per heavy atom. The van der Waals surface area contributed by atoms with Crippen molar-refractivity contribution in [2.45, 2.75) is 31.7 Å². The lowest BCUT2D eigenvalue weighted by molar-refractivity contribution is -0.121. The fourth-order valence-corrected chi connectivity index (χ4v) is 3.25. The molecule has 28 heavy (non-hydrogen) atoms. The molecule has 3 rings (SSSR count). The van der Waals surface area contributed by atoms with E-state index in [2.05, 4.69) is 15.3 Å². The number of hydrogen-bond donors (Lipinski definition) is 2. The molecule has 0 spiro atoms. The highest BCUT2D eigenvalue weighted by molar-refractivity contribution is 5.95. The number of ether oxygens (including phenoxy) is 1. The molecule has 1 atom stereocenters. The van der Waals surface area contributed by atoms with Gasteiger partial charge in [0.25, 0.3) is 5.91 Å². The fraction of sp³-hybridized carbons (Fsp3) is 0.400. The van der Waals surface area contributed by atoms with Crippen LogP contribution in [0.2, 0.25) is 0 Å². The first kappa shape index (κ1) is 19.8. The summed E-state index contributed by atoms with van der Waals surface area (Å²) in [5.74, 6) is 0.740. The second kappa shape index (κ2) is 9.80. The Morgan fingerprint density at radius 3 is 2.96 bits per heavy atom. The number of carbonyl (C=O) groups is 2. The van der Waals surface area contributed by atoms with Crippen LogP contribution in [0.5, 0.6) is 11.6 Å². The number of benzene rings is 1. The van der Waals surface area contributed by atoms with Crippen LogP contribution in [0.3, 0.4) is 0 Å². The monoisotopic (exact) mass is 383 g/mol. The van der Waals surface area contributed by atoms with Gasteiger partial charge in [0.1, 0.15) is 5.75 Å². The van der Waals surface area contributed by atoms with Crippen LogP contribution in [0, 0.1) is 0 Å². The van der Waals surface area contributed by atoms with Crippen molar-refractivity contribution in [2.75, 3.05) is 19.6 Å². The summed E-state index contributed by atoms with van der Waals surface area (Å²) < 4.78 is 5.68. The molecular formula is C20H25N5O3. The van der Waals surface area contributed by atoms with Gasteiger partial charge in [-0.1, -0.05) is 6.07 Å². The molecule has 2 heterocycles. The minimum Gasteiger partial charge on any atom is -0.437 e. The molecular weight excluding hydrogens is 358 g/mol. The molecule has 0 radical (unpaired) electrons. The fourth-order valence-electron chi connectivity index (χ4n) is 3.25. The van der Waals surface area contributed by atoms with Gasteiger partial charge in [0.2, 0.25) is 11.8 Å². The number of piperidine rings is 1. The molecule has 1 aliphatic heterocycles. The van der Waals surface area contributed by atoms with Crippen LogP contribution in [-0.4, -0.2) is 52.4 Å². The smallest absolute Gasteiger partial charge is 0.254 e. The third-order valence-electron chi connectivity index (χ3n) is 4.64. The highest BCUT2D eigenvalue weighted by atomic mass is 16.5. The Bertz CT molecular complexity index is 799. The van der Waals surface area contributed by atoms with Gasteiger partial charge < -0.3 is 20.7 Å². The van der Waals surface area contributed by atoms with Crippen molar-refractivity contribution in [3.63, 3.8) is 0 Å². The first-order valence-electron chi connectivity index (χ1n) is 9.49. The Hall–Kier alpha value is -3.00. The SMILES string of the molecule is NCCC(=O)NCC1CCCCN1C(=O)c1cccc(Oc2cnccn2)c1. The molecule has 8 nitrogen and oxygen atoms in total. The number of nitrogens with zero attached hydrogens (tertiary/aromatic N) is 3. The molecule has 148 valence electrons. The van der Waals surface area contributed by atoms with Crippen molar-refractivity contribution < 1.29 is 14.3 Å². The average molecular weight is 383 g/mol. The van der Waals surface area contributed by atoms with Crippen molar-refractivity contribution in [3.05, 3.63) is 48.4 Å². The maximum atomic E-state index is 13.1. The molecule has 1 aromatic carbocycles. The zero-order valence-electron chi connectivity index (χ0n) is 15.7. The summed E-state index contributed by atoms with van der Waals surface area (Å²) >= 11 is 0. The zero-order chi connectivity index (χ0) is 19.8. The van der Waals surface area contributed by atoms with Gasteiger partial charge in [-0.2, -0.15) is 0 Å². The molecule has 8 heteroatoms. The second-order valence-electron chi connectivity index (χ2n) is 6.66. The lowest BCUT2D eigenvalue weighted by Gasteiger charge is -2.36. The van der Waals surface area contributed by atoms with E-state index in [0.29, 0.717) is 43.2 Å². The summed E-state index contributed by atoms with van der Waals surface area (Å²) in [7, 11) is 0. The summed E-state index contributed by atoms with van der Waals surface area (Å²) in [4.78, 5) is 34.7. The van der Waals surface area contributed by atoms with E-state index in [-0.39, 0.29) is 17.9 Å². The molecule has 2 amide bonds.